The molecule has 0 heterocycles. The van der Waals surface area contributed by atoms with Crippen LogP contribution in [0.4, 0.5) is 5.69 Å². The summed E-state index contributed by atoms with van der Waals surface area (Å²) in [5, 5.41) is 2.58. The van der Waals surface area contributed by atoms with E-state index in [1.807, 2.05) is 6.92 Å². The molecule has 0 unspecified atom stereocenters. The van der Waals surface area contributed by atoms with Crippen LogP contribution in [-0.2, 0) is 24.3 Å². The maximum absolute atomic E-state index is 12.7. The van der Waals surface area contributed by atoms with Gasteiger partial charge in [-0.25, -0.2) is 8.42 Å². The molecule has 2 atom stereocenters. The Morgan fingerprint density at radius 3 is 2.42 bits per heavy atom. The van der Waals surface area contributed by atoms with Crippen LogP contribution >= 0.6 is 0 Å². The van der Waals surface area contributed by atoms with Gasteiger partial charge in [-0.05, 0) is 37.0 Å². The molecular formula is C18H26N2O5S. The van der Waals surface area contributed by atoms with Crippen molar-refractivity contribution < 1.29 is 22.7 Å². The van der Waals surface area contributed by atoms with E-state index in [9.17, 15) is 18.0 Å². The normalized spacial score (nSPS) is 19.3. The first-order valence-electron chi connectivity index (χ1n) is 8.78. The minimum absolute atomic E-state index is 0.104. The summed E-state index contributed by atoms with van der Waals surface area (Å²) in [6.45, 7) is 7.56. The van der Waals surface area contributed by atoms with Crippen molar-refractivity contribution in [3.05, 3.63) is 23.8 Å². The van der Waals surface area contributed by atoms with Crippen LogP contribution in [0.25, 0.3) is 0 Å². The number of nitrogens with zero attached hydrogens (tertiary/aromatic N) is 1. The summed E-state index contributed by atoms with van der Waals surface area (Å²) >= 11 is 0. The van der Waals surface area contributed by atoms with Gasteiger partial charge in [-0.15, -0.1) is 0 Å². The number of amides is 1. The number of nitrogens with one attached hydrogen (secondary N) is 1. The zero-order valence-electron chi connectivity index (χ0n) is 15.6. The van der Waals surface area contributed by atoms with Crippen molar-refractivity contribution in [2.24, 2.45) is 11.8 Å². The van der Waals surface area contributed by atoms with Gasteiger partial charge in [0.15, 0.2) is 6.61 Å². The second kappa shape index (κ2) is 8.18. The molecule has 1 aliphatic carbocycles. The van der Waals surface area contributed by atoms with Crippen LogP contribution in [0, 0.1) is 18.8 Å². The summed E-state index contributed by atoms with van der Waals surface area (Å²) in [5.74, 6) is -0.647. The van der Waals surface area contributed by atoms with E-state index in [-0.39, 0.29) is 23.4 Å². The van der Waals surface area contributed by atoms with Gasteiger partial charge in [-0.1, -0.05) is 26.8 Å². The van der Waals surface area contributed by atoms with Gasteiger partial charge < -0.3 is 10.1 Å². The number of rotatable bonds is 8. The summed E-state index contributed by atoms with van der Waals surface area (Å²) in [6.07, 6.45) is 0.797. The second-order valence-electron chi connectivity index (χ2n) is 6.54. The van der Waals surface area contributed by atoms with Crippen molar-refractivity contribution in [2.45, 2.75) is 39.0 Å². The molecule has 2 rings (SSSR count). The molecule has 0 aliphatic heterocycles. The first-order chi connectivity index (χ1) is 12.2. The number of esters is 1. The fourth-order valence-corrected chi connectivity index (χ4v) is 4.46. The minimum atomic E-state index is -3.63. The van der Waals surface area contributed by atoms with E-state index in [1.165, 1.54) is 10.4 Å². The van der Waals surface area contributed by atoms with Crippen LogP contribution in [0.2, 0.25) is 0 Å². The molecule has 26 heavy (non-hydrogen) atoms. The molecule has 1 saturated carbocycles. The van der Waals surface area contributed by atoms with E-state index in [2.05, 4.69) is 5.32 Å². The number of benzene rings is 1. The lowest BCUT2D eigenvalue weighted by Crippen LogP contribution is -2.31. The lowest BCUT2D eigenvalue weighted by molar-refractivity contribution is -0.148. The fourth-order valence-electron chi connectivity index (χ4n) is 2.75. The van der Waals surface area contributed by atoms with Crippen molar-refractivity contribution in [2.75, 3.05) is 25.0 Å². The number of aryl methyl sites for hydroxylation is 1. The molecule has 144 valence electrons. The first-order valence-corrected chi connectivity index (χ1v) is 10.2. The van der Waals surface area contributed by atoms with Crippen LogP contribution in [-0.4, -0.2) is 44.3 Å². The average Bonchev–Trinajstić information content (AvgIpc) is 3.32. The molecule has 1 amide bonds. The molecule has 0 aromatic heterocycles. The summed E-state index contributed by atoms with van der Waals surface area (Å²) in [4.78, 5) is 23.8. The number of hydrogen-bond donors (Lipinski definition) is 1. The van der Waals surface area contributed by atoms with E-state index in [1.54, 1.807) is 32.9 Å². The quantitative estimate of drug-likeness (QED) is 0.696. The minimum Gasteiger partial charge on any atom is -0.455 e. The van der Waals surface area contributed by atoms with Gasteiger partial charge >= 0.3 is 5.97 Å². The average molecular weight is 382 g/mol. The zero-order chi connectivity index (χ0) is 19.5. The summed E-state index contributed by atoms with van der Waals surface area (Å²) in [6, 6.07) is 4.70. The summed E-state index contributed by atoms with van der Waals surface area (Å²) < 4.78 is 31.8. The van der Waals surface area contributed by atoms with Gasteiger partial charge in [0.05, 0.1) is 10.8 Å². The largest absolute Gasteiger partial charge is 0.455 e. The standard InChI is InChI=1S/C18H26N2O5S/c1-5-20(6-2)26(23,24)16-10-14(8-7-12(16)3)19-17(21)11-25-18(22)15-9-13(15)4/h7-8,10,13,15H,5-6,9,11H2,1-4H3,(H,19,21)/t13-,15-/m0/s1. The van der Waals surface area contributed by atoms with Gasteiger partial charge in [0, 0.05) is 18.8 Å². The van der Waals surface area contributed by atoms with E-state index < -0.39 is 15.9 Å². The van der Waals surface area contributed by atoms with Crippen LogP contribution in [0.1, 0.15) is 32.8 Å². The monoisotopic (exact) mass is 382 g/mol. The topological polar surface area (TPSA) is 92.8 Å². The van der Waals surface area contributed by atoms with Crippen molar-refractivity contribution in [3.63, 3.8) is 0 Å². The molecule has 1 N–H and O–H groups in total. The van der Waals surface area contributed by atoms with Gasteiger partial charge in [-0.2, -0.15) is 4.31 Å². The van der Waals surface area contributed by atoms with Crippen molar-refractivity contribution >= 4 is 27.6 Å². The van der Waals surface area contributed by atoms with Crippen LogP contribution in [0.3, 0.4) is 0 Å². The molecule has 0 radical (unpaired) electrons. The Balaban J connectivity index is 2.06. The third-order valence-electron chi connectivity index (χ3n) is 4.55. The molecule has 7 nitrogen and oxygen atoms in total. The molecule has 1 aliphatic rings. The zero-order valence-corrected chi connectivity index (χ0v) is 16.4. The second-order valence-corrected chi connectivity index (χ2v) is 8.45. The highest BCUT2D eigenvalue weighted by molar-refractivity contribution is 7.89. The smallest absolute Gasteiger partial charge is 0.309 e. The molecular weight excluding hydrogens is 356 g/mol. The van der Waals surface area contributed by atoms with E-state index in [4.69, 9.17) is 4.74 Å². The van der Waals surface area contributed by atoms with E-state index in [0.717, 1.165) is 6.42 Å². The van der Waals surface area contributed by atoms with Crippen molar-refractivity contribution in [3.8, 4) is 0 Å². The lowest BCUT2D eigenvalue weighted by Gasteiger charge is -2.20. The summed E-state index contributed by atoms with van der Waals surface area (Å²) in [7, 11) is -3.63. The highest BCUT2D eigenvalue weighted by Crippen LogP contribution is 2.38. The Kier molecular flexibility index (Phi) is 6.41. The SMILES string of the molecule is CCN(CC)S(=O)(=O)c1cc(NC(=O)COC(=O)[C@H]2C[C@@H]2C)ccc1C. The Morgan fingerprint density at radius 1 is 1.27 bits per heavy atom. The molecule has 1 aromatic carbocycles. The number of sulfonamides is 1. The fraction of sp³-hybridized carbons (Fsp3) is 0.556. The third-order valence-corrected chi connectivity index (χ3v) is 6.74. The van der Waals surface area contributed by atoms with E-state index in [0.29, 0.717) is 30.3 Å². The number of carbonyl (C=O) groups is 2. The van der Waals surface area contributed by atoms with Gasteiger partial charge in [-0.3, -0.25) is 9.59 Å². The third kappa shape index (κ3) is 4.62. The first kappa shape index (κ1) is 20.4. The number of anilines is 1. The van der Waals surface area contributed by atoms with Crippen LogP contribution < -0.4 is 5.32 Å². The predicted octanol–water partition coefficient (Wildman–Crippen LogP) is 2.16. The highest BCUT2D eigenvalue weighted by atomic mass is 32.2. The predicted molar refractivity (Wildman–Crippen MR) is 98.1 cm³/mol. The number of ether oxygens (including phenoxy) is 1. The Hall–Kier alpha value is -1.93. The number of carbonyl (C=O) groups excluding carboxylic acids is 2. The van der Waals surface area contributed by atoms with Gasteiger partial charge in [0.25, 0.3) is 5.91 Å². The molecule has 8 heteroatoms. The highest BCUT2D eigenvalue weighted by Gasteiger charge is 2.40. The van der Waals surface area contributed by atoms with Crippen molar-refractivity contribution in [1.29, 1.82) is 0 Å². The Bertz CT molecular complexity index is 787. The Morgan fingerprint density at radius 2 is 1.88 bits per heavy atom. The maximum Gasteiger partial charge on any atom is 0.309 e. The number of hydrogen-bond acceptors (Lipinski definition) is 5. The molecule has 0 spiro atoms. The van der Waals surface area contributed by atoms with E-state index >= 15 is 0 Å². The Labute approximate surface area is 154 Å². The summed E-state index contributed by atoms with van der Waals surface area (Å²) in [5.41, 5.74) is 0.950. The lowest BCUT2D eigenvalue weighted by atomic mass is 10.2. The molecule has 1 fully saturated rings. The maximum atomic E-state index is 12.7. The van der Waals surface area contributed by atoms with Crippen LogP contribution in [0.5, 0.6) is 0 Å². The molecule has 1 aromatic rings. The van der Waals surface area contributed by atoms with Crippen LogP contribution in [0.15, 0.2) is 23.1 Å². The van der Waals surface area contributed by atoms with Gasteiger partial charge in [0.1, 0.15) is 0 Å². The van der Waals surface area contributed by atoms with Gasteiger partial charge in [0.2, 0.25) is 10.0 Å². The molecule has 0 bridgehead atoms. The van der Waals surface area contributed by atoms with Crippen molar-refractivity contribution in [1.82, 2.24) is 4.31 Å². The molecule has 0 saturated heterocycles.